The molecule has 2 heterocycles. The SMILES string of the molecule is Cn1nc(-c2ccccc2Oc2ccccc2)c2cc[nH]c2c1=O.O=C([O-])[O-].[K+].[K+]. The van der Waals surface area contributed by atoms with Crippen molar-refractivity contribution >= 4 is 17.1 Å². The monoisotopic (exact) mass is 455 g/mol. The van der Waals surface area contributed by atoms with E-state index in [1.807, 2.05) is 60.7 Å². The van der Waals surface area contributed by atoms with Gasteiger partial charge in [0.15, 0.2) is 0 Å². The van der Waals surface area contributed by atoms with Gasteiger partial charge in [-0.3, -0.25) is 4.79 Å². The first-order valence-corrected chi connectivity index (χ1v) is 8.22. The molecule has 0 fully saturated rings. The summed E-state index contributed by atoms with van der Waals surface area (Å²) in [6.45, 7) is 0. The second-order valence-electron chi connectivity index (χ2n) is 5.70. The fourth-order valence-corrected chi connectivity index (χ4v) is 2.72. The molecule has 0 aliphatic rings. The number of hydrogen-bond donors (Lipinski definition) is 1. The number of rotatable bonds is 3. The zero-order valence-electron chi connectivity index (χ0n) is 16.8. The van der Waals surface area contributed by atoms with Crippen molar-refractivity contribution in [3.05, 3.63) is 77.2 Å². The Bertz CT molecular complexity index is 1170. The van der Waals surface area contributed by atoms with Crippen LogP contribution >= 0.6 is 0 Å². The van der Waals surface area contributed by atoms with E-state index in [0.29, 0.717) is 17.0 Å². The molecule has 2 aromatic carbocycles. The Labute approximate surface area is 257 Å². The summed E-state index contributed by atoms with van der Waals surface area (Å²) < 4.78 is 7.36. The number of carbonyl (C=O) groups excluding carboxylic acids is 1. The standard InChI is InChI=1S/C19H15N3O2.CH2O3.2K/c1-22-19(23)18-15(11-12-20-18)17(21-22)14-9-5-6-10-16(14)24-13-7-3-2-4-8-13;2-1(3)4;;/h2-12,20H,1H3;(H2,2,3,4);;/q;;2*+1/p-2. The van der Waals surface area contributed by atoms with Crippen LogP contribution in [0.4, 0.5) is 4.79 Å². The summed E-state index contributed by atoms with van der Waals surface area (Å²) in [6, 6.07) is 19.1. The predicted molar refractivity (Wildman–Crippen MR) is 98.7 cm³/mol. The van der Waals surface area contributed by atoms with Gasteiger partial charge in [0.25, 0.3) is 5.56 Å². The number of fused-ring (bicyclic) bond motifs is 1. The molecule has 30 heavy (non-hydrogen) atoms. The number of aromatic amines is 1. The number of nitrogens with one attached hydrogen (secondary N) is 1. The Hall–Kier alpha value is -0.797. The summed E-state index contributed by atoms with van der Waals surface area (Å²) in [5.41, 5.74) is 1.93. The van der Waals surface area contributed by atoms with Crippen molar-refractivity contribution in [3.8, 4) is 22.8 Å². The van der Waals surface area contributed by atoms with Crippen molar-refractivity contribution in [1.82, 2.24) is 14.8 Å². The van der Waals surface area contributed by atoms with E-state index in [1.165, 1.54) is 4.68 Å². The molecule has 0 spiro atoms. The smallest absolute Gasteiger partial charge is 0.652 e. The van der Waals surface area contributed by atoms with E-state index >= 15 is 0 Å². The van der Waals surface area contributed by atoms with Crippen molar-refractivity contribution in [2.24, 2.45) is 7.05 Å². The Kier molecular flexibility index (Phi) is 11.7. The van der Waals surface area contributed by atoms with Gasteiger partial charge in [-0.05, 0) is 36.5 Å². The third-order valence-electron chi connectivity index (χ3n) is 3.87. The maximum absolute atomic E-state index is 12.2. The molecule has 0 saturated heterocycles. The largest absolute Gasteiger partial charge is 1.00 e. The van der Waals surface area contributed by atoms with Gasteiger partial charge in [0, 0.05) is 24.2 Å². The summed E-state index contributed by atoms with van der Waals surface area (Å²) in [4.78, 5) is 23.5. The molecule has 0 radical (unpaired) electrons. The number of carboxylic acid groups (broad SMARTS) is 2. The van der Waals surface area contributed by atoms with Crippen LogP contribution in [0.3, 0.4) is 0 Å². The third kappa shape index (κ3) is 6.85. The van der Waals surface area contributed by atoms with E-state index in [4.69, 9.17) is 19.7 Å². The number of aromatic nitrogens is 3. The Morgan fingerprint density at radius 1 is 1.00 bits per heavy atom. The third-order valence-corrected chi connectivity index (χ3v) is 3.87. The van der Waals surface area contributed by atoms with Crippen molar-refractivity contribution in [1.29, 1.82) is 0 Å². The van der Waals surface area contributed by atoms with Gasteiger partial charge in [-0.2, -0.15) is 5.10 Å². The molecule has 10 heteroatoms. The van der Waals surface area contributed by atoms with E-state index in [2.05, 4.69) is 10.1 Å². The summed E-state index contributed by atoms with van der Waals surface area (Å²) in [5.74, 6) is 1.44. The Balaban J connectivity index is 0.000000692. The van der Waals surface area contributed by atoms with Crippen LogP contribution in [-0.2, 0) is 7.05 Å². The molecule has 8 nitrogen and oxygen atoms in total. The number of H-pyrrole nitrogens is 1. The topological polar surface area (TPSA) is 123 Å². The second-order valence-corrected chi connectivity index (χ2v) is 5.70. The second kappa shape index (κ2) is 12.9. The Morgan fingerprint density at radius 2 is 1.60 bits per heavy atom. The van der Waals surface area contributed by atoms with Gasteiger partial charge in [0.05, 0.1) is 0 Å². The number of nitrogens with zero attached hydrogens (tertiary/aromatic N) is 2. The minimum atomic E-state index is -2.33. The predicted octanol–water partition coefficient (Wildman–Crippen LogP) is -4.72. The maximum Gasteiger partial charge on any atom is 1.00 e. The van der Waals surface area contributed by atoms with Crippen LogP contribution in [0.1, 0.15) is 0 Å². The van der Waals surface area contributed by atoms with E-state index in [9.17, 15) is 4.79 Å². The normalized spacial score (nSPS) is 9.50. The van der Waals surface area contributed by atoms with Gasteiger partial charge in [0.2, 0.25) is 0 Å². The molecule has 0 bridgehead atoms. The van der Waals surface area contributed by atoms with Gasteiger partial charge in [-0.1, -0.05) is 30.3 Å². The molecular formula is C20H15K2N3O5. The fourth-order valence-electron chi connectivity index (χ4n) is 2.72. The molecule has 0 aliphatic carbocycles. The molecule has 142 valence electrons. The van der Waals surface area contributed by atoms with E-state index in [1.54, 1.807) is 13.2 Å². The average Bonchev–Trinajstić information content (AvgIpc) is 3.16. The summed E-state index contributed by atoms with van der Waals surface area (Å²) >= 11 is 0. The quantitative estimate of drug-likeness (QED) is 0.310. The first kappa shape index (κ1) is 27.2. The maximum atomic E-state index is 12.2. The minimum absolute atomic E-state index is 0. The van der Waals surface area contributed by atoms with E-state index in [-0.39, 0.29) is 108 Å². The molecule has 0 atom stereocenters. The van der Waals surface area contributed by atoms with Crippen molar-refractivity contribution < 1.29 is 123 Å². The van der Waals surface area contributed by atoms with Crippen molar-refractivity contribution in [2.45, 2.75) is 0 Å². The molecule has 0 aliphatic heterocycles. The van der Waals surface area contributed by atoms with Crippen LogP contribution in [0.15, 0.2) is 71.7 Å². The van der Waals surface area contributed by atoms with E-state index < -0.39 is 6.16 Å². The van der Waals surface area contributed by atoms with Crippen molar-refractivity contribution in [3.63, 3.8) is 0 Å². The molecule has 4 aromatic rings. The molecule has 0 amide bonds. The zero-order chi connectivity index (χ0) is 20.1. The van der Waals surface area contributed by atoms with Crippen LogP contribution in [0, 0.1) is 0 Å². The summed E-state index contributed by atoms with van der Waals surface area (Å²) in [7, 11) is 1.65. The molecule has 2 aromatic heterocycles. The van der Waals surface area contributed by atoms with Gasteiger partial charge >= 0.3 is 103 Å². The minimum Gasteiger partial charge on any atom is -0.652 e. The number of carbonyl (C=O) groups is 1. The Morgan fingerprint density at radius 3 is 2.27 bits per heavy atom. The van der Waals surface area contributed by atoms with Crippen LogP contribution in [0.25, 0.3) is 22.2 Å². The van der Waals surface area contributed by atoms with Gasteiger partial charge < -0.3 is 24.7 Å². The van der Waals surface area contributed by atoms with Gasteiger partial charge in [-0.25, -0.2) is 4.68 Å². The zero-order valence-corrected chi connectivity index (χ0v) is 23.0. The van der Waals surface area contributed by atoms with Crippen molar-refractivity contribution in [2.75, 3.05) is 0 Å². The van der Waals surface area contributed by atoms with Crippen LogP contribution in [0.5, 0.6) is 11.5 Å². The molecule has 1 N–H and O–H groups in total. The van der Waals surface area contributed by atoms with Gasteiger partial charge in [-0.15, -0.1) is 0 Å². The molecule has 0 unspecified atom stereocenters. The number of para-hydroxylation sites is 2. The number of aryl methyl sites for hydroxylation is 1. The van der Waals surface area contributed by atoms with E-state index in [0.717, 1.165) is 16.7 Å². The first-order valence-electron chi connectivity index (χ1n) is 8.22. The summed E-state index contributed by atoms with van der Waals surface area (Å²) in [6.07, 6.45) is -0.585. The number of hydrogen-bond acceptors (Lipinski definition) is 6. The fraction of sp³-hybridized carbons (Fsp3) is 0.0500. The number of ether oxygens (including phenoxy) is 1. The van der Waals surface area contributed by atoms with Crippen LogP contribution in [0.2, 0.25) is 0 Å². The molecular weight excluding hydrogens is 440 g/mol. The summed E-state index contributed by atoms with van der Waals surface area (Å²) in [5, 5.41) is 21.9. The first-order chi connectivity index (χ1) is 13.5. The van der Waals surface area contributed by atoms with Crippen LogP contribution in [-0.4, -0.2) is 20.9 Å². The van der Waals surface area contributed by atoms with Crippen LogP contribution < -0.4 is 123 Å². The van der Waals surface area contributed by atoms with Gasteiger partial charge in [0.1, 0.15) is 22.7 Å². The molecule has 0 saturated carbocycles. The number of benzene rings is 2. The molecule has 4 rings (SSSR count). The average molecular weight is 456 g/mol.